The molecule has 2 heterocycles. The number of hydrogen-bond donors (Lipinski definition) is 3. The lowest BCUT2D eigenvalue weighted by Crippen LogP contribution is -2.50. The zero-order valence-corrected chi connectivity index (χ0v) is 17.9. The topological polar surface area (TPSA) is 89.6 Å². The number of hydrogen-bond acceptors (Lipinski definition) is 4. The van der Waals surface area contributed by atoms with Crippen LogP contribution in [0.3, 0.4) is 0 Å². The maximum atomic E-state index is 13.8. The standard InChI is InChI=1S/C23H21F3N6O2/c24-16-4-1-2-7-19(16)29-22(33)28-15-8-9-20(27-14-15)31-10-12-32(13-11-31)23(34)30-21-17(25)5-3-6-18(21)26/h1-9,14H,10-13H2,(H,30,34)(H2,28,29,33). The number of amides is 4. The average Bonchev–Trinajstić information content (AvgIpc) is 2.83. The molecule has 0 unspecified atom stereocenters. The fraction of sp³-hybridized carbons (Fsp3) is 0.174. The molecule has 8 nitrogen and oxygen atoms in total. The van der Waals surface area contributed by atoms with Gasteiger partial charge >= 0.3 is 12.1 Å². The third kappa shape index (κ3) is 5.37. The second-order valence-electron chi connectivity index (χ2n) is 7.46. The monoisotopic (exact) mass is 470 g/mol. The zero-order valence-electron chi connectivity index (χ0n) is 17.9. The molecular weight excluding hydrogens is 449 g/mol. The summed E-state index contributed by atoms with van der Waals surface area (Å²) in [5.41, 5.74) is 0.00507. The molecule has 11 heteroatoms. The largest absolute Gasteiger partial charge is 0.353 e. The van der Waals surface area contributed by atoms with Gasteiger partial charge in [0.1, 0.15) is 29.0 Å². The van der Waals surface area contributed by atoms with Crippen molar-refractivity contribution in [2.24, 2.45) is 0 Å². The van der Waals surface area contributed by atoms with E-state index in [1.165, 1.54) is 35.4 Å². The Labute approximate surface area is 193 Å². The summed E-state index contributed by atoms with van der Waals surface area (Å²) in [5.74, 6) is -1.59. The van der Waals surface area contributed by atoms with Gasteiger partial charge in [-0.1, -0.05) is 18.2 Å². The summed E-state index contributed by atoms with van der Waals surface area (Å²) >= 11 is 0. The van der Waals surface area contributed by atoms with Crippen molar-refractivity contribution in [2.75, 3.05) is 47.0 Å². The number of piperazine rings is 1. The SMILES string of the molecule is O=C(Nc1ccc(N2CCN(C(=O)Nc3c(F)cccc3F)CC2)nc1)Nc1ccccc1F. The van der Waals surface area contributed by atoms with Gasteiger partial charge in [-0.3, -0.25) is 0 Å². The molecule has 0 radical (unpaired) electrons. The summed E-state index contributed by atoms with van der Waals surface area (Å²) in [7, 11) is 0. The summed E-state index contributed by atoms with van der Waals surface area (Å²) < 4.78 is 41.2. The van der Waals surface area contributed by atoms with E-state index in [0.29, 0.717) is 37.7 Å². The number of halogens is 3. The smallest absolute Gasteiger partial charge is 0.323 e. The van der Waals surface area contributed by atoms with Gasteiger partial charge in [0.05, 0.1) is 17.6 Å². The molecule has 3 N–H and O–H groups in total. The van der Waals surface area contributed by atoms with Crippen LogP contribution >= 0.6 is 0 Å². The van der Waals surface area contributed by atoms with E-state index in [4.69, 9.17) is 0 Å². The lowest BCUT2D eigenvalue weighted by Gasteiger charge is -2.35. The van der Waals surface area contributed by atoms with E-state index in [0.717, 1.165) is 12.1 Å². The first-order valence-corrected chi connectivity index (χ1v) is 10.4. The Balaban J connectivity index is 1.28. The Morgan fingerprint density at radius 2 is 1.44 bits per heavy atom. The summed E-state index contributed by atoms with van der Waals surface area (Å²) in [6.45, 7) is 1.57. The number of anilines is 4. The van der Waals surface area contributed by atoms with Crippen LogP contribution in [0.5, 0.6) is 0 Å². The quantitative estimate of drug-likeness (QED) is 0.524. The van der Waals surface area contributed by atoms with Crippen molar-refractivity contribution in [3.05, 3.63) is 78.2 Å². The number of nitrogens with one attached hydrogen (secondary N) is 3. The van der Waals surface area contributed by atoms with Crippen LogP contribution in [0, 0.1) is 17.5 Å². The van der Waals surface area contributed by atoms with E-state index in [1.54, 1.807) is 18.2 Å². The minimum absolute atomic E-state index is 0.0595. The first-order valence-electron chi connectivity index (χ1n) is 10.4. The molecule has 1 aromatic heterocycles. The normalized spacial score (nSPS) is 13.4. The van der Waals surface area contributed by atoms with Crippen molar-refractivity contribution >= 4 is 34.9 Å². The second kappa shape index (κ2) is 10.1. The van der Waals surface area contributed by atoms with Crippen molar-refractivity contribution in [3.63, 3.8) is 0 Å². The minimum atomic E-state index is -0.840. The highest BCUT2D eigenvalue weighted by Crippen LogP contribution is 2.20. The Bertz CT molecular complexity index is 1160. The molecule has 2 aromatic carbocycles. The summed E-state index contributed by atoms with van der Waals surface area (Å²) in [6, 6.07) is 11.4. The van der Waals surface area contributed by atoms with Gasteiger partial charge in [-0.25, -0.2) is 27.7 Å². The number of aromatic nitrogens is 1. The Morgan fingerprint density at radius 1 is 0.765 bits per heavy atom. The number of benzene rings is 2. The fourth-order valence-electron chi connectivity index (χ4n) is 3.44. The first-order chi connectivity index (χ1) is 16.4. The average molecular weight is 470 g/mol. The van der Waals surface area contributed by atoms with E-state index in [9.17, 15) is 22.8 Å². The number of urea groups is 2. The van der Waals surface area contributed by atoms with Crippen molar-refractivity contribution < 1.29 is 22.8 Å². The van der Waals surface area contributed by atoms with Crippen LogP contribution in [0.2, 0.25) is 0 Å². The molecule has 0 aliphatic carbocycles. The third-order valence-electron chi connectivity index (χ3n) is 5.21. The molecule has 0 saturated carbocycles. The third-order valence-corrected chi connectivity index (χ3v) is 5.21. The number of carbonyl (C=O) groups excluding carboxylic acids is 2. The number of nitrogens with zero attached hydrogens (tertiary/aromatic N) is 3. The van der Waals surface area contributed by atoms with Gasteiger partial charge in [0.2, 0.25) is 0 Å². The molecule has 1 aliphatic rings. The molecule has 4 rings (SSSR count). The van der Waals surface area contributed by atoms with Crippen LogP contribution in [0.15, 0.2) is 60.8 Å². The highest BCUT2D eigenvalue weighted by atomic mass is 19.1. The van der Waals surface area contributed by atoms with Crippen LogP contribution in [-0.2, 0) is 0 Å². The molecular formula is C23H21F3N6O2. The number of para-hydroxylation sites is 2. The van der Waals surface area contributed by atoms with Gasteiger partial charge in [0.15, 0.2) is 0 Å². The fourth-order valence-corrected chi connectivity index (χ4v) is 3.44. The highest BCUT2D eigenvalue weighted by Gasteiger charge is 2.23. The molecule has 4 amide bonds. The van der Waals surface area contributed by atoms with Crippen LogP contribution < -0.4 is 20.9 Å². The zero-order chi connectivity index (χ0) is 24.1. The van der Waals surface area contributed by atoms with Gasteiger partial charge in [0, 0.05) is 26.2 Å². The van der Waals surface area contributed by atoms with E-state index in [-0.39, 0.29) is 5.69 Å². The molecule has 1 saturated heterocycles. The van der Waals surface area contributed by atoms with Crippen molar-refractivity contribution in [1.29, 1.82) is 0 Å². The van der Waals surface area contributed by atoms with Crippen LogP contribution in [-0.4, -0.2) is 48.1 Å². The van der Waals surface area contributed by atoms with E-state index in [2.05, 4.69) is 20.9 Å². The number of pyridine rings is 1. The predicted octanol–water partition coefficient (Wildman–Crippen LogP) is 4.50. The van der Waals surface area contributed by atoms with Crippen molar-refractivity contribution in [1.82, 2.24) is 9.88 Å². The first kappa shape index (κ1) is 22.9. The van der Waals surface area contributed by atoms with Gasteiger partial charge in [0.25, 0.3) is 0 Å². The van der Waals surface area contributed by atoms with Gasteiger partial charge in [-0.2, -0.15) is 0 Å². The molecule has 0 spiro atoms. The van der Waals surface area contributed by atoms with Crippen LogP contribution in [0.25, 0.3) is 0 Å². The molecule has 34 heavy (non-hydrogen) atoms. The maximum Gasteiger partial charge on any atom is 0.323 e. The molecule has 0 atom stereocenters. The Kier molecular flexibility index (Phi) is 6.81. The summed E-state index contributed by atoms with van der Waals surface area (Å²) in [5, 5.41) is 7.29. The van der Waals surface area contributed by atoms with Crippen LogP contribution in [0.1, 0.15) is 0 Å². The molecule has 1 aliphatic heterocycles. The predicted molar refractivity (Wildman–Crippen MR) is 122 cm³/mol. The molecule has 0 bridgehead atoms. The summed E-state index contributed by atoms with van der Waals surface area (Å²) in [4.78, 5) is 32.2. The molecule has 1 fully saturated rings. The summed E-state index contributed by atoms with van der Waals surface area (Å²) in [6.07, 6.45) is 1.47. The van der Waals surface area contributed by atoms with Gasteiger partial charge in [-0.05, 0) is 36.4 Å². The lowest BCUT2D eigenvalue weighted by atomic mass is 10.3. The lowest BCUT2D eigenvalue weighted by molar-refractivity contribution is 0.208. The van der Waals surface area contributed by atoms with E-state index in [1.807, 2.05) is 4.90 Å². The van der Waals surface area contributed by atoms with Crippen LogP contribution in [0.4, 0.5) is 45.6 Å². The maximum absolute atomic E-state index is 13.8. The van der Waals surface area contributed by atoms with Crippen molar-refractivity contribution in [3.8, 4) is 0 Å². The highest BCUT2D eigenvalue weighted by molar-refractivity contribution is 5.99. The molecule has 3 aromatic rings. The minimum Gasteiger partial charge on any atom is -0.353 e. The van der Waals surface area contributed by atoms with Gasteiger partial charge < -0.3 is 25.8 Å². The van der Waals surface area contributed by atoms with Gasteiger partial charge in [-0.15, -0.1) is 0 Å². The van der Waals surface area contributed by atoms with Crippen molar-refractivity contribution in [2.45, 2.75) is 0 Å². The second-order valence-corrected chi connectivity index (χ2v) is 7.46. The Morgan fingerprint density at radius 3 is 2.09 bits per heavy atom. The number of carbonyl (C=O) groups is 2. The Hall–Kier alpha value is -4.28. The van der Waals surface area contributed by atoms with E-state index >= 15 is 0 Å². The molecule has 176 valence electrons. The number of rotatable bonds is 4. The van der Waals surface area contributed by atoms with E-state index < -0.39 is 35.2 Å².